The Labute approximate surface area is 107 Å². The third-order valence-corrected chi connectivity index (χ3v) is 3.88. The van der Waals surface area contributed by atoms with Gasteiger partial charge >= 0.3 is 0 Å². The lowest BCUT2D eigenvalue weighted by molar-refractivity contribution is 0.503. The van der Waals surface area contributed by atoms with E-state index in [1.165, 1.54) is 12.8 Å². The predicted molar refractivity (Wildman–Crippen MR) is 67.2 cm³/mol. The fourth-order valence-electron chi connectivity index (χ4n) is 2.21. The van der Waals surface area contributed by atoms with Crippen molar-refractivity contribution in [1.29, 1.82) is 0 Å². The van der Waals surface area contributed by atoms with Gasteiger partial charge in [-0.05, 0) is 11.4 Å². The third-order valence-electron chi connectivity index (χ3n) is 3.21. The molecule has 2 rings (SSSR count). The summed E-state index contributed by atoms with van der Waals surface area (Å²) >= 11 is 11.7. The molecule has 1 fully saturated rings. The minimum atomic E-state index is -0.377. The quantitative estimate of drug-likeness (QED) is 0.566. The van der Waals surface area contributed by atoms with Crippen LogP contribution in [0.3, 0.4) is 0 Å². The lowest BCUT2D eigenvalue weighted by Crippen LogP contribution is -2.27. The Kier molecular flexibility index (Phi) is 3.75. The molecule has 0 unspecified atom stereocenters. The largest absolute Gasteiger partial charge is 0.170 e. The minimum Gasteiger partial charge on any atom is -0.154 e. The Morgan fingerprint density at radius 3 is 2.25 bits per heavy atom. The van der Waals surface area contributed by atoms with Crippen molar-refractivity contribution in [2.45, 2.75) is 43.8 Å². The van der Waals surface area contributed by atoms with Crippen LogP contribution in [0.25, 0.3) is 0 Å². The van der Waals surface area contributed by atoms with Crippen molar-refractivity contribution >= 4 is 31.0 Å². The Hall–Kier alpha value is -0.275. The summed E-state index contributed by atoms with van der Waals surface area (Å²) in [5.74, 6) is 0. The van der Waals surface area contributed by atoms with Crippen molar-refractivity contribution in [1.82, 2.24) is 10.2 Å². The highest BCUT2D eigenvalue weighted by Crippen LogP contribution is 2.35. The summed E-state index contributed by atoms with van der Waals surface area (Å²) in [6, 6.07) is 1.75. The number of hydrogen-bond donors (Lipinski definition) is 0. The van der Waals surface area contributed by atoms with Crippen LogP contribution in [0.2, 0.25) is 10.2 Å². The molecule has 16 heavy (non-hydrogen) atoms. The minimum absolute atomic E-state index is 0.239. The van der Waals surface area contributed by atoms with Crippen LogP contribution in [-0.4, -0.2) is 18.0 Å². The summed E-state index contributed by atoms with van der Waals surface area (Å²) in [7, 11) is 6.40. The van der Waals surface area contributed by atoms with Crippen molar-refractivity contribution < 1.29 is 0 Å². The number of aromatic nitrogens is 2. The van der Waals surface area contributed by atoms with Crippen molar-refractivity contribution in [2.24, 2.45) is 0 Å². The average molecular weight is 255 g/mol. The van der Waals surface area contributed by atoms with Crippen LogP contribution in [0.1, 0.15) is 44.2 Å². The average Bonchev–Trinajstić information content (AvgIpc) is 2.48. The summed E-state index contributed by atoms with van der Waals surface area (Å²) in [6.07, 6.45) is 6.65. The maximum absolute atomic E-state index is 6.40. The highest BCUT2D eigenvalue weighted by Gasteiger charge is 2.29. The smallest absolute Gasteiger partial charge is 0.154 e. The van der Waals surface area contributed by atoms with Crippen LogP contribution in [-0.2, 0) is 5.31 Å². The zero-order chi connectivity index (χ0) is 11.6. The maximum Gasteiger partial charge on any atom is 0.170 e. The molecule has 0 N–H and O–H groups in total. The number of nitrogens with zero attached hydrogens (tertiary/aromatic N) is 2. The second kappa shape index (κ2) is 4.93. The van der Waals surface area contributed by atoms with Gasteiger partial charge in [-0.2, -0.15) is 5.10 Å². The summed E-state index contributed by atoms with van der Waals surface area (Å²) in [6.45, 7) is 0. The molecule has 1 aliphatic rings. The first-order chi connectivity index (χ1) is 7.62. The van der Waals surface area contributed by atoms with Crippen LogP contribution in [0.5, 0.6) is 0 Å². The van der Waals surface area contributed by atoms with E-state index in [1.54, 1.807) is 6.07 Å². The van der Waals surface area contributed by atoms with Crippen LogP contribution in [0.4, 0.5) is 0 Å². The lowest BCUT2D eigenvalue weighted by Gasteiger charge is -2.27. The molecule has 1 heterocycles. The first-order valence-electron chi connectivity index (χ1n) is 5.60. The van der Waals surface area contributed by atoms with E-state index in [0.29, 0.717) is 5.02 Å². The van der Waals surface area contributed by atoms with Gasteiger partial charge in [0.2, 0.25) is 0 Å². The van der Waals surface area contributed by atoms with E-state index < -0.39 is 0 Å². The maximum atomic E-state index is 6.40. The number of halogens is 2. The van der Waals surface area contributed by atoms with Crippen LogP contribution < -0.4 is 0 Å². The van der Waals surface area contributed by atoms with E-state index >= 15 is 0 Å². The second-order valence-electron chi connectivity index (χ2n) is 4.44. The lowest BCUT2D eigenvalue weighted by atomic mass is 9.61. The fraction of sp³-hybridized carbons (Fsp3) is 0.636. The predicted octanol–water partition coefficient (Wildman–Crippen LogP) is 3.50. The Bertz CT molecular complexity index is 376. The van der Waals surface area contributed by atoms with Gasteiger partial charge in [0, 0.05) is 0 Å². The molecule has 84 valence electrons. The molecule has 2 nitrogen and oxygen atoms in total. The van der Waals surface area contributed by atoms with Crippen molar-refractivity contribution in [2.75, 3.05) is 0 Å². The molecule has 1 saturated carbocycles. The van der Waals surface area contributed by atoms with E-state index in [1.807, 2.05) is 0 Å². The van der Waals surface area contributed by atoms with Gasteiger partial charge in [0.25, 0.3) is 0 Å². The van der Waals surface area contributed by atoms with E-state index in [-0.39, 0.29) is 10.5 Å². The molecule has 0 aromatic carbocycles. The molecular weight excluding hydrogens is 242 g/mol. The third kappa shape index (κ3) is 2.52. The molecule has 0 saturated heterocycles. The molecule has 5 heteroatoms. The van der Waals surface area contributed by atoms with Gasteiger partial charge in [-0.3, -0.25) is 0 Å². The summed E-state index contributed by atoms with van der Waals surface area (Å²) in [4.78, 5) is 0. The molecule has 1 aliphatic carbocycles. The number of rotatable bonds is 1. The first kappa shape index (κ1) is 12.2. The van der Waals surface area contributed by atoms with Crippen molar-refractivity contribution in [3.63, 3.8) is 0 Å². The van der Waals surface area contributed by atoms with Gasteiger partial charge in [0.15, 0.2) is 5.15 Å². The Balaban J connectivity index is 2.29. The summed E-state index contributed by atoms with van der Waals surface area (Å²) in [5, 5.41) is 8.21. The highest BCUT2D eigenvalue weighted by molar-refractivity contribution is 6.41. The molecule has 0 aliphatic heterocycles. The van der Waals surface area contributed by atoms with Gasteiger partial charge in [0.1, 0.15) is 0 Å². The molecular formula is C11H13BCl2N2. The summed E-state index contributed by atoms with van der Waals surface area (Å²) in [5.41, 5.74) is 0.767. The van der Waals surface area contributed by atoms with Crippen molar-refractivity contribution in [3.8, 4) is 0 Å². The zero-order valence-corrected chi connectivity index (χ0v) is 10.6. The Morgan fingerprint density at radius 1 is 1.06 bits per heavy atom. The fourth-order valence-corrected chi connectivity index (χ4v) is 2.45. The van der Waals surface area contributed by atoms with Gasteiger partial charge in [-0.15, -0.1) is 5.10 Å². The Morgan fingerprint density at radius 2 is 1.69 bits per heavy atom. The van der Waals surface area contributed by atoms with Crippen molar-refractivity contribution in [3.05, 3.63) is 21.9 Å². The van der Waals surface area contributed by atoms with E-state index in [0.717, 1.165) is 31.4 Å². The van der Waals surface area contributed by atoms with Gasteiger partial charge in [-0.25, -0.2) is 0 Å². The highest BCUT2D eigenvalue weighted by atomic mass is 35.5. The SMILES string of the molecule is [B]C1(c2cc(Cl)c(Cl)nn2)CCCCCC1. The second-order valence-corrected chi connectivity index (χ2v) is 5.20. The van der Waals surface area contributed by atoms with Crippen LogP contribution in [0, 0.1) is 0 Å². The molecule has 1 aromatic rings. The van der Waals surface area contributed by atoms with Gasteiger partial charge in [-0.1, -0.05) is 61.7 Å². The first-order valence-corrected chi connectivity index (χ1v) is 6.35. The molecule has 0 atom stereocenters. The van der Waals surface area contributed by atoms with Gasteiger partial charge in [0.05, 0.1) is 18.6 Å². The normalized spacial score (nSPS) is 20.4. The number of hydrogen-bond acceptors (Lipinski definition) is 2. The standard InChI is InChI=1S/C11H13BCl2N2/c12-11(5-3-1-2-4-6-11)9-7-8(13)10(14)16-15-9/h7H,1-6H2. The molecule has 0 bridgehead atoms. The molecule has 2 radical (unpaired) electrons. The van der Waals surface area contributed by atoms with Crippen LogP contribution >= 0.6 is 23.2 Å². The topological polar surface area (TPSA) is 25.8 Å². The van der Waals surface area contributed by atoms with Crippen LogP contribution in [0.15, 0.2) is 6.07 Å². The molecule has 0 spiro atoms. The van der Waals surface area contributed by atoms with E-state index in [2.05, 4.69) is 10.2 Å². The monoisotopic (exact) mass is 254 g/mol. The molecule has 1 aromatic heterocycles. The van der Waals surface area contributed by atoms with Gasteiger partial charge < -0.3 is 0 Å². The zero-order valence-electron chi connectivity index (χ0n) is 9.05. The summed E-state index contributed by atoms with van der Waals surface area (Å²) < 4.78 is 0. The van der Waals surface area contributed by atoms with E-state index in [4.69, 9.17) is 31.0 Å². The molecule has 0 amide bonds. The van der Waals surface area contributed by atoms with E-state index in [9.17, 15) is 0 Å².